The number of nitrogens with one attached hydrogen (secondary N) is 1. The first-order chi connectivity index (χ1) is 17.8. The van der Waals surface area contributed by atoms with Crippen LogP contribution in [0.25, 0.3) is 17.3 Å². The minimum absolute atomic E-state index is 0.0658. The Balaban J connectivity index is 1.86. The van der Waals surface area contributed by atoms with Gasteiger partial charge in [0.1, 0.15) is 10.7 Å². The van der Waals surface area contributed by atoms with Gasteiger partial charge in [-0.15, -0.1) is 11.3 Å². The number of nitriles is 1. The van der Waals surface area contributed by atoms with Gasteiger partial charge in [-0.05, 0) is 59.5 Å². The first-order valence-corrected chi connectivity index (χ1v) is 12.2. The second kappa shape index (κ2) is 10.8. The molecule has 0 aliphatic heterocycles. The fourth-order valence-corrected chi connectivity index (χ4v) is 4.75. The van der Waals surface area contributed by atoms with E-state index in [4.69, 9.17) is 0 Å². The lowest BCUT2D eigenvalue weighted by Gasteiger charge is -2.08. The van der Waals surface area contributed by atoms with Crippen LogP contribution in [0.15, 0.2) is 83.7 Å². The molecule has 4 rings (SSSR count). The Kier molecular flexibility index (Phi) is 7.41. The number of aromatic nitrogens is 1. The molecule has 4 aromatic rings. The number of anilines is 1. The zero-order valence-electron chi connectivity index (χ0n) is 20.0. The van der Waals surface area contributed by atoms with Crippen molar-refractivity contribution >= 4 is 40.3 Å². The highest BCUT2D eigenvalue weighted by atomic mass is 32.1. The molecule has 0 saturated heterocycles. The number of benzene rings is 3. The summed E-state index contributed by atoms with van der Waals surface area (Å²) in [5.74, 6) is -0.296. The summed E-state index contributed by atoms with van der Waals surface area (Å²) in [4.78, 5) is 37.1. The summed E-state index contributed by atoms with van der Waals surface area (Å²) < 4.78 is 1.79. The standard InChI is InChI=1S/C28H22N4O4S/c1-18(2)20-10-12-21(13-11-20)30-26(33)24(17-29)28-31(22-6-4-3-5-7-22)27(34)25(37-28)16-19-8-14-23(15-9-19)32(35)36/h3-16,18H,1-2H3,(H,30,33). The summed E-state index contributed by atoms with van der Waals surface area (Å²) >= 11 is 1.00. The number of thiazole rings is 1. The lowest BCUT2D eigenvalue weighted by molar-refractivity contribution is -0.384. The van der Waals surface area contributed by atoms with Crippen molar-refractivity contribution in [2.45, 2.75) is 19.8 Å². The van der Waals surface area contributed by atoms with Crippen molar-refractivity contribution in [2.24, 2.45) is 0 Å². The van der Waals surface area contributed by atoms with Crippen molar-refractivity contribution in [1.29, 1.82) is 5.26 Å². The van der Waals surface area contributed by atoms with E-state index in [2.05, 4.69) is 19.2 Å². The monoisotopic (exact) mass is 510 g/mol. The van der Waals surface area contributed by atoms with E-state index in [-0.39, 0.29) is 20.5 Å². The Labute approximate surface area is 216 Å². The summed E-state index contributed by atoms with van der Waals surface area (Å²) in [7, 11) is 0. The number of hydrogen-bond acceptors (Lipinski definition) is 6. The summed E-state index contributed by atoms with van der Waals surface area (Å²) in [6.45, 7) is 4.14. The molecule has 0 unspecified atom stereocenters. The maximum Gasteiger partial charge on any atom is 0.273 e. The van der Waals surface area contributed by atoms with Crippen LogP contribution in [0.3, 0.4) is 0 Å². The molecule has 37 heavy (non-hydrogen) atoms. The van der Waals surface area contributed by atoms with Gasteiger partial charge in [0.2, 0.25) is 0 Å². The third-order valence-corrected chi connectivity index (χ3v) is 6.72. The number of carbonyl (C=O) groups is 1. The molecule has 1 aromatic heterocycles. The van der Waals surface area contributed by atoms with Crippen LogP contribution < -0.4 is 20.1 Å². The second-order valence-corrected chi connectivity index (χ2v) is 9.49. The number of amides is 1. The Morgan fingerprint density at radius 3 is 2.27 bits per heavy atom. The molecule has 8 nitrogen and oxygen atoms in total. The van der Waals surface area contributed by atoms with Gasteiger partial charge in [-0.25, -0.2) is 0 Å². The van der Waals surface area contributed by atoms with E-state index in [1.165, 1.54) is 28.8 Å². The molecule has 3 aromatic carbocycles. The van der Waals surface area contributed by atoms with Gasteiger partial charge in [0, 0.05) is 17.8 Å². The topological polar surface area (TPSA) is 118 Å². The van der Waals surface area contributed by atoms with E-state index >= 15 is 0 Å². The van der Waals surface area contributed by atoms with Crippen LogP contribution in [0, 0.1) is 21.4 Å². The minimum atomic E-state index is -0.632. The molecule has 0 radical (unpaired) electrons. The molecule has 9 heteroatoms. The highest BCUT2D eigenvalue weighted by Crippen LogP contribution is 2.18. The molecule has 0 bridgehead atoms. The smallest absolute Gasteiger partial charge is 0.273 e. The minimum Gasteiger partial charge on any atom is -0.321 e. The number of para-hydroxylation sites is 1. The van der Waals surface area contributed by atoms with E-state index < -0.39 is 16.4 Å². The normalized spacial score (nSPS) is 12.2. The molecule has 0 aliphatic carbocycles. The molecule has 0 atom stereocenters. The van der Waals surface area contributed by atoms with Crippen molar-refractivity contribution in [2.75, 3.05) is 5.32 Å². The molecule has 0 aliphatic rings. The average molecular weight is 511 g/mol. The average Bonchev–Trinajstić information content (AvgIpc) is 3.20. The van der Waals surface area contributed by atoms with Crippen molar-refractivity contribution in [3.63, 3.8) is 0 Å². The molecule has 1 N–H and O–H groups in total. The fraction of sp³-hybridized carbons (Fsp3) is 0.107. The highest BCUT2D eigenvalue weighted by molar-refractivity contribution is 7.07. The van der Waals surface area contributed by atoms with Gasteiger partial charge in [-0.2, -0.15) is 5.26 Å². The van der Waals surface area contributed by atoms with Gasteiger partial charge >= 0.3 is 0 Å². The number of carbonyl (C=O) groups excluding carboxylic acids is 1. The van der Waals surface area contributed by atoms with Gasteiger partial charge in [-0.3, -0.25) is 24.3 Å². The molecule has 1 heterocycles. The van der Waals surface area contributed by atoms with Crippen LogP contribution in [0.1, 0.15) is 30.9 Å². The Morgan fingerprint density at radius 2 is 1.70 bits per heavy atom. The van der Waals surface area contributed by atoms with Crippen LogP contribution in [0.5, 0.6) is 0 Å². The molecule has 0 spiro atoms. The highest BCUT2D eigenvalue weighted by Gasteiger charge is 2.17. The van der Waals surface area contributed by atoms with Crippen LogP contribution in [-0.2, 0) is 4.79 Å². The van der Waals surface area contributed by atoms with E-state index in [1.807, 2.05) is 18.2 Å². The van der Waals surface area contributed by atoms with E-state index in [1.54, 1.807) is 48.5 Å². The quantitative estimate of drug-likeness (QED) is 0.310. The molecule has 184 valence electrons. The number of non-ortho nitro benzene ring substituents is 1. The number of nitrogens with zero attached hydrogens (tertiary/aromatic N) is 3. The Hall–Kier alpha value is -4.81. The Morgan fingerprint density at radius 1 is 1.05 bits per heavy atom. The van der Waals surface area contributed by atoms with E-state index in [0.717, 1.165) is 16.9 Å². The SMILES string of the molecule is CC(C)c1ccc(NC(=O)C(C#N)=c2sc(=Cc3ccc([N+](=O)[O-])cc3)c(=O)n2-c2ccccc2)cc1. The van der Waals surface area contributed by atoms with Crippen LogP contribution in [0.2, 0.25) is 0 Å². The van der Waals surface area contributed by atoms with Crippen molar-refractivity contribution in [3.8, 4) is 11.8 Å². The summed E-state index contributed by atoms with van der Waals surface area (Å²) in [5.41, 5.74) is 2.04. The zero-order chi connectivity index (χ0) is 26.5. The van der Waals surface area contributed by atoms with Crippen LogP contribution in [0.4, 0.5) is 11.4 Å². The zero-order valence-corrected chi connectivity index (χ0v) is 20.9. The molecular weight excluding hydrogens is 488 g/mol. The maximum absolute atomic E-state index is 13.5. The number of hydrogen-bond donors (Lipinski definition) is 1. The van der Waals surface area contributed by atoms with Crippen molar-refractivity contribution < 1.29 is 9.72 Å². The lowest BCUT2D eigenvalue weighted by atomic mass is 10.0. The third-order valence-electron chi connectivity index (χ3n) is 5.63. The number of nitro groups is 1. The van der Waals surface area contributed by atoms with Gasteiger partial charge < -0.3 is 5.32 Å². The first-order valence-electron chi connectivity index (χ1n) is 11.4. The van der Waals surface area contributed by atoms with Gasteiger partial charge in [0.05, 0.1) is 15.1 Å². The summed E-state index contributed by atoms with van der Waals surface area (Å²) in [5, 5.41) is 23.7. The molecule has 0 saturated carbocycles. The first kappa shape index (κ1) is 25.3. The fourth-order valence-electron chi connectivity index (χ4n) is 3.65. The third kappa shape index (κ3) is 5.55. The predicted molar refractivity (Wildman–Crippen MR) is 144 cm³/mol. The van der Waals surface area contributed by atoms with Crippen LogP contribution in [-0.4, -0.2) is 15.4 Å². The summed E-state index contributed by atoms with van der Waals surface area (Å²) in [6.07, 6.45) is 1.58. The predicted octanol–water partition coefficient (Wildman–Crippen LogP) is 4.07. The summed E-state index contributed by atoms with van der Waals surface area (Å²) in [6, 6.07) is 23.8. The van der Waals surface area contributed by atoms with Gasteiger partial charge in [0.15, 0.2) is 5.57 Å². The molecular formula is C28H22N4O4S. The second-order valence-electron chi connectivity index (χ2n) is 8.46. The van der Waals surface area contributed by atoms with Crippen molar-refractivity contribution in [1.82, 2.24) is 4.57 Å². The van der Waals surface area contributed by atoms with Gasteiger partial charge in [0.25, 0.3) is 17.2 Å². The number of nitro benzene ring substituents is 1. The van der Waals surface area contributed by atoms with Gasteiger partial charge in [-0.1, -0.05) is 44.2 Å². The number of rotatable bonds is 6. The largest absolute Gasteiger partial charge is 0.321 e. The van der Waals surface area contributed by atoms with E-state index in [9.17, 15) is 25.0 Å². The lowest BCUT2D eigenvalue weighted by Crippen LogP contribution is -2.32. The van der Waals surface area contributed by atoms with Crippen LogP contribution >= 0.6 is 11.3 Å². The molecule has 1 amide bonds. The van der Waals surface area contributed by atoms with Crippen molar-refractivity contribution in [3.05, 3.63) is 120 Å². The Bertz CT molecular complexity index is 1680. The molecule has 0 fully saturated rings. The van der Waals surface area contributed by atoms with E-state index in [0.29, 0.717) is 22.9 Å². The maximum atomic E-state index is 13.5.